The Morgan fingerprint density at radius 3 is 2.26 bits per heavy atom. The van der Waals surface area contributed by atoms with E-state index in [-0.39, 0.29) is 0 Å². The number of hydrogen-bond donors (Lipinski definition) is 1. The van der Waals surface area contributed by atoms with Crippen LogP contribution in [0.3, 0.4) is 0 Å². The van der Waals surface area contributed by atoms with Crippen molar-refractivity contribution in [2.24, 2.45) is 0 Å². The van der Waals surface area contributed by atoms with Crippen LogP contribution in [0.5, 0.6) is 0 Å². The Kier molecular flexibility index (Phi) is 12.7. The van der Waals surface area contributed by atoms with Gasteiger partial charge in [-0.05, 0) is 32.9 Å². The van der Waals surface area contributed by atoms with Crippen LogP contribution in [0.4, 0.5) is 0 Å². The van der Waals surface area contributed by atoms with Crippen molar-refractivity contribution in [2.75, 3.05) is 47.1 Å². The van der Waals surface area contributed by atoms with Crippen LogP contribution in [0, 0.1) is 0 Å². The lowest BCUT2D eigenvalue weighted by Crippen LogP contribution is -2.39. The van der Waals surface area contributed by atoms with E-state index in [1.807, 2.05) is 0 Å². The monoisotopic (exact) mass is 274 g/mol. The molecular formula is C15H34N2O2. The quantitative estimate of drug-likeness (QED) is 0.522. The van der Waals surface area contributed by atoms with Gasteiger partial charge in [0.25, 0.3) is 0 Å². The van der Waals surface area contributed by atoms with Gasteiger partial charge in [0.1, 0.15) is 0 Å². The summed E-state index contributed by atoms with van der Waals surface area (Å²) in [5, 5.41) is 3.46. The van der Waals surface area contributed by atoms with Gasteiger partial charge in [-0.15, -0.1) is 0 Å². The fraction of sp³-hybridized carbons (Fsp3) is 1.00. The highest BCUT2D eigenvalue weighted by atomic mass is 16.5. The van der Waals surface area contributed by atoms with Crippen molar-refractivity contribution in [1.82, 2.24) is 10.2 Å². The number of ether oxygens (including phenoxy) is 2. The Hall–Kier alpha value is -0.160. The fourth-order valence-electron chi connectivity index (χ4n) is 2.12. The van der Waals surface area contributed by atoms with Crippen molar-refractivity contribution in [1.29, 1.82) is 0 Å². The number of nitrogens with zero attached hydrogens (tertiary/aromatic N) is 1. The van der Waals surface area contributed by atoms with E-state index in [1.54, 1.807) is 14.2 Å². The molecule has 0 fully saturated rings. The van der Waals surface area contributed by atoms with Crippen LogP contribution in [0.1, 0.15) is 40.0 Å². The van der Waals surface area contributed by atoms with Crippen LogP contribution in [0.25, 0.3) is 0 Å². The average molecular weight is 274 g/mol. The number of nitrogens with one attached hydrogen (secondary N) is 1. The van der Waals surface area contributed by atoms with E-state index in [4.69, 9.17) is 9.47 Å². The molecule has 19 heavy (non-hydrogen) atoms. The first-order valence-electron chi connectivity index (χ1n) is 7.57. The summed E-state index contributed by atoms with van der Waals surface area (Å²) in [6.07, 6.45) is 3.79. The predicted molar refractivity (Wildman–Crippen MR) is 81.8 cm³/mol. The molecular weight excluding hydrogens is 240 g/mol. The Balaban J connectivity index is 3.72. The Morgan fingerprint density at radius 2 is 1.68 bits per heavy atom. The third kappa shape index (κ3) is 11.4. The SMILES string of the molecule is COCCN(CCCCCNC(C)C)C(C)COC. The van der Waals surface area contributed by atoms with E-state index >= 15 is 0 Å². The summed E-state index contributed by atoms with van der Waals surface area (Å²) < 4.78 is 10.4. The predicted octanol–water partition coefficient (Wildman–Crippen LogP) is 2.14. The molecule has 0 saturated carbocycles. The maximum atomic E-state index is 5.24. The van der Waals surface area contributed by atoms with Crippen molar-refractivity contribution in [3.63, 3.8) is 0 Å². The molecule has 0 aromatic rings. The maximum Gasteiger partial charge on any atom is 0.0615 e. The van der Waals surface area contributed by atoms with Gasteiger partial charge in [-0.2, -0.15) is 0 Å². The molecule has 0 spiro atoms. The zero-order valence-corrected chi connectivity index (χ0v) is 13.6. The van der Waals surface area contributed by atoms with Gasteiger partial charge in [0, 0.05) is 32.8 Å². The number of rotatable bonds is 13. The smallest absolute Gasteiger partial charge is 0.0615 e. The lowest BCUT2D eigenvalue weighted by Gasteiger charge is -2.28. The topological polar surface area (TPSA) is 33.7 Å². The van der Waals surface area contributed by atoms with Gasteiger partial charge in [-0.1, -0.05) is 20.3 Å². The third-order valence-corrected chi connectivity index (χ3v) is 3.29. The molecule has 0 aromatic carbocycles. The summed E-state index contributed by atoms with van der Waals surface area (Å²) in [4.78, 5) is 2.46. The second kappa shape index (κ2) is 12.9. The first-order valence-corrected chi connectivity index (χ1v) is 7.57. The lowest BCUT2D eigenvalue weighted by molar-refractivity contribution is 0.0740. The first-order chi connectivity index (χ1) is 9.11. The van der Waals surface area contributed by atoms with Crippen LogP contribution in [-0.4, -0.2) is 64.1 Å². The largest absolute Gasteiger partial charge is 0.383 e. The number of methoxy groups -OCH3 is 2. The van der Waals surface area contributed by atoms with Gasteiger partial charge in [0.15, 0.2) is 0 Å². The molecule has 0 aromatic heterocycles. The van der Waals surface area contributed by atoms with Gasteiger partial charge < -0.3 is 14.8 Å². The minimum absolute atomic E-state index is 0.467. The van der Waals surface area contributed by atoms with E-state index in [9.17, 15) is 0 Å². The van der Waals surface area contributed by atoms with Gasteiger partial charge in [-0.3, -0.25) is 4.90 Å². The van der Waals surface area contributed by atoms with Gasteiger partial charge in [-0.25, -0.2) is 0 Å². The zero-order chi connectivity index (χ0) is 14.5. The number of hydrogen-bond acceptors (Lipinski definition) is 4. The zero-order valence-electron chi connectivity index (χ0n) is 13.6. The summed E-state index contributed by atoms with van der Waals surface area (Å²) in [6, 6.07) is 1.06. The minimum Gasteiger partial charge on any atom is -0.383 e. The van der Waals surface area contributed by atoms with E-state index in [1.165, 1.54) is 19.3 Å². The van der Waals surface area contributed by atoms with Crippen molar-refractivity contribution >= 4 is 0 Å². The molecule has 0 saturated heterocycles. The molecule has 0 aliphatic carbocycles. The summed E-state index contributed by atoms with van der Waals surface area (Å²) in [7, 11) is 3.53. The molecule has 4 nitrogen and oxygen atoms in total. The molecule has 0 aliphatic rings. The number of unbranched alkanes of at least 4 members (excludes halogenated alkanes) is 2. The highest BCUT2D eigenvalue weighted by Crippen LogP contribution is 2.04. The van der Waals surface area contributed by atoms with Crippen LogP contribution < -0.4 is 5.32 Å². The minimum atomic E-state index is 0.467. The fourth-order valence-corrected chi connectivity index (χ4v) is 2.12. The van der Waals surface area contributed by atoms with Crippen molar-refractivity contribution in [3.05, 3.63) is 0 Å². The molecule has 0 amide bonds. The molecule has 4 heteroatoms. The van der Waals surface area contributed by atoms with Gasteiger partial charge >= 0.3 is 0 Å². The highest BCUT2D eigenvalue weighted by molar-refractivity contribution is 4.67. The van der Waals surface area contributed by atoms with Crippen LogP contribution >= 0.6 is 0 Å². The molecule has 0 heterocycles. The second-order valence-electron chi connectivity index (χ2n) is 5.50. The Bertz CT molecular complexity index is 189. The molecule has 1 unspecified atom stereocenters. The van der Waals surface area contributed by atoms with E-state index < -0.39 is 0 Å². The average Bonchev–Trinajstić information content (AvgIpc) is 2.36. The molecule has 1 N–H and O–H groups in total. The highest BCUT2D eigenvalue weighted by Gasteiger charge is 2.12. The summed E-state index contributed by atoms with van der Waals surface area (Å²) in [5.41, 5.74) is 0. The van der Waals surface area contributed by atoms with Gasteiger partial charge in [0.2, 0.25) is 0 Å². The van der Waals surface area contributed by atoms with Crippen molar-refractivity contribution in [2.45, 2.75) is 52.1 Å². The van der Waals surface area contributed by atoms with Gasteiger partial charge in [0.05, 0.1) is 13.2 Å². The van der Waals surface area contributed by atoms with Crippen molar-refractivity contribution < 1.29 is 9.47 Å². The summed E-state index contributed by atoms with van der Waals surface area (Å²) in [5.74, 6) is 0. The van der Waals surface area contributed by atoms with Crippen LogP contribution in [-0.2, 0) is 9.47 Å². The molecule has 0 rings (SSSR count). The van der Waals surface area contributed by atoms with E-state index in [2.05, 4.69) is 31.0 Å². The molecule has 0 bridgehead atoms. The Labute approximate surface area is 119 Å². The van der Waals surface area contributed by atoms with Crippen LogP contribution in [0.15, 0.2) is 0 Å². The second-order valence-corrected chi connectivity index (χ2v) is 5.50. The third-order valence-electron chi connectivity index (χ3n) is 3.29. The molecule has 116 valence electrons. The van der Waals surface area contributed by atoms with Crippen molar-refractivity contribution in [3.8, 4) is 0 Å². The van der Waals surface area contributed by atoms with Crippen LogP contribution in [0.2, 0.25) is 0 Å². The summed E-state index contributed by atoms with van der Waals surface area (Å²) >= 11 is 0. The summed E-state index contributed by atoms with van der Waals surface area (Å²) in [6.45, 7) is 11.4. The Morgan fingerprint density at radius 1 is 0.947 bits per heavy atom. The molecule has 0 aliphatic heterocycles. The first kappa shape index (κ1) is 18.8. The maximum absolute atomic E-state index is 5.24. The molecule has 1 atom stereocenters. The normalized spacial score (nSPS) is 13.4. The lowest BCUT2D eigenvalue weighted by atomic mass is 10.2. The molecule has 0 radical (unpaired) electrons. The standard InChI is InChI=1S/C15H34N2O2/c1-14(2)16-9-7-6-8-10-17(11-12-18-4)15(3)13-19-5/h14-16H,6-13H2,1-5H3. The van der Waals surface area contributed by atoms with E-state index in [0.717, 1.165) is 32.8 Å². The van der Waals surface area contributed by atoms with E-state index in [0.29, 0.717) is 12.1 Å².